The van der Waals surface area contributed by atoms with Gasteiger partial charge in [0, 0.05) is 5.56 Å². The zero-order chi connectivity index (χ0) is 14.6. The second-order valence-electron chi connectivity index (χ2n) is 4.06. The molecule has 20 heavy (non-hydrogen) atoms. The molecule has 1 aromatic carbocycles. The molecule has 7 heteroatoms. The van der Waals surface area contributed by atoms with Gasteiger partial charge >= 0.3 is 0 Å². The molecule has 0 radical (unpaired) electrons. The van der Waals surface area contributed by atoms with Gasteiger partial charge in [-0.3, -0.25) is 4.55 Å². The van der Waals surface area contributed by atoms with E-state index < -0.39 is 10.1 Å². The van der Waals surface area contributed by atoms with Crippen LogP contribution in [0, 0.1) is 0 Å². The molecule has 0 fully saturated rings. The van der Waals surface area contributed by atoms with E-state index in [-0.39, 0.29) is 16.2 Å². The van der Waals surface area contributed by atoms with Crippen LogP contribution in [-0.4, -0.2) is 30.5 Å². The van der Waals surface area contributed by atoms with Gasteiger partial charge in [-0.15, -0.1) is 0 Å². The summed E-state index contributed by atoms with van der Waals surface area (Å²) in [5.41, 5.74) is 1.15. The maximum absolute atomic E-state index is 11.0. The Labute approximate surface area is 116 Å². The first kappa shape index (κ1) is 14.2. The molecule has 6 nitrogen and oxygen atoms in total. The predicted molar refractivity (Wildman–Crippen MR) is 75.8 cm³/mol. The third kappa shape index (κ3) is 3.62. The van der Waals surface area contributed by atoms with E-state index in [0.29, 0.717) is 0 Å². The van der Waals surface area contributed by atoms with Crippen LogP contribution in [0.5, 0.6) is 5.75 Å². The standard InChI is InChI=1S/C13H12N2O4S/c16-13-6-5-12(20(17,18)19)7-11(13)9-15-14-8-10-3-1-2-4-10/h1-3,5-9,16H,4H2,(H,17,18,19)/b14-8-,15-9-. The van der Waals surface area contributed by atoms with E-state index in [2.05, 4.69) is 10.2 Å². The highest BCUT2D eigenvalue weighted by atomic mass is 32.2. The third-order valence-electron chi connectivity index (χ3n) is 2.58. The molecular weight excluding hydrogens is 280 g/mol. The summed E-state index contributed by atoms with van der Waals surface area (Å²) in [7, 11) is -4.31. The van der Waals surface area contributed by atoms with Crippen LogP contribution in [0.4, 0.5) is 0 Å². The minimum absolute atomic E-state index is 0.149. The minimum atomic E-state index is -4.31. The topological polar surface area (TPSA) is 99.3 Å². The van der Waals surface area contributed by atoms with Crippen LogP contribution < -0.4 is 0 Å². The van der Waals surface area contributed by atoms with Gasteiger partial charge in [-0.05, 0) is 30.2 Å². The fourth-order valence-corrected chi connectivity index (χ4v) is 2.07. The molecule has 1 aromatic rings. The fourth-order valence-electron chi connectivity index (χ4n) is 1.56. The number of benzene rings is 1. The molecule has 104 valence electrons. The highest BCUT2D eigenvalue weighted by molar-refractivity contribution is 7.85. The number of allylic oxidation sites excluding steroid dienone is 4. The Morgan fingerprint density at radius 1 is 1.20 bits per heavy atom. The highest BCUT2D eigenvalue weighted by Gasteiger charge is 2.11. The Balaban J connectivity index is 2.16. The Hall–Kier alpha value is -2.25. The number of hydrogen-bond donors (Lipinski definition) is 2. The quantitative estimate of drug-likeness (QED) is 0.503. The van der Waals surface area contributed by atoms with Crippen LogP contribution in [-0.2, 0) is 10.1 Å². The molecule has 0 unspecified atom stereocenters. The van der Waals surface area contributed by atoms with Gasteiger partial charge in [-0.1, -0.05) is 18.2 Å². The van der Waals surface area contributed by atoms with Crippen molar-refractivity contribution in [3.8, 4) is 5.75 Å². The van der Waals surface area contributed by atoms with Crippen molar-refractivity contribution in [2.45, 2.75) is 11.3 Å². The van der Waals surface area contributed by atoms with Crippen LogP contribution in [0.3, 0.4) is 0 Å². The van der Waals surface area contributed by atoms with Crippen molar-refractivity contribution in [3.05, 3.63) is 47.6 Å². The molecule has 0 heterocycles. The summed E-state index contributed by atoms with van der Waals surface area (Å²) >= 11 is 0. The van der Waals surface area contributed by atoms with Gasteiger partial charge in [-0.25, -0.2) is 0 Å². The zero-order valence-corrected chi connectivity index (χ0v) is 11.2. The largest absolute Gasteiger partial charge is 0.507 e. The minimum Gasteiger partial charge on any atom is -0.507 e. The summed E-state index contributed by atoms with van der Waals surface area (Å²) in [6.07, 6.45) is 9.36. The first-order valence-electron chi connectivity index (χ1n) is 5.69. The SMILES string of the molecule is O=S(=O)(O)c1ccc(O)c(/C=N\N=C/C2=CC=CC2)c1. The molecule has 1 aliphatic carbocycles. The van der Waals surface area contributed by atoms with Crippen molar-refractivity contribution in [3.63, 3.8) is 0 Å². The average molecular weight is 292 g/mol. The number of aromatic hydroxyl groups is 1. The summed E-state index contributed by atoms with van der Waals surface area (Å²) in [6, 6.07) is 3.37. The molecule has 0 amide bonds. The van der Waals surface area contributed by atoms with E-state index in [9.17, 15) is 13.5 Å². The van der Waals surface area contributed by atoms with E-state index in [1.54, 1.807) is 6.21 Å². The monoisotopic (exact) mass is 292 g/mol. The number of phenols is 1. The van der Waals surface area contributed by atoms with E-state index in [1.807, 2.05) is 18.2 Å². The summed E-state index contributed by atoms with van der Waals surface area (Å²) in [5, 5.41) is 17.1. The van der Waals surface area contributed by atoms with Gasteiger partial charge in [0.2, 0.25) is 0 Å². The lowest BCUT2D eigenvalue weighted by Crippen LogP contribution is -1.98. The molecule has 0 saturated heterocycles. The lowest BCUT2D eigenvalue weighted by molar-refractivity contribution is 0.472. The van der Waals surface area contributed by atoms with Gasteiger partial charge in [0.1, 0.15) is 5.75 Å². The van der Waals surface area contributed by atoms with Crippen LogP contribution >= 0.6 is 0 Å². The Morgan fingerprint density at radius 3 is 2.60 bits per heavy atom. The number of hydrogen-bond acceptors (Lipinski definition) is 5. The molecule has 0 saturated carbocycles. The van der Waals surface area contributed by atoms with Gasteiger partial charge < -0.3 is 5.11 Å². The van der Waals surface area contributed by atoms with Crippen molar-refractivity contribution in [1.82, 2.24) is 0 Å². The van der Waals surface area contributed by atoms with E-state index >= 15 is 0 Å². The Kier molecular flexibility index (Phi) is 4.11. The van der Waals surface area contributed by atoms with Gasteiger partial charge in [-0.2, -0.15) is 18.6 Å². The van der Waals surface area contributed by atoms with Crippen molar-refractivity contribution in [2.75, 3.05) is 0 Å². The van der Waals surface area contributed by atoms with Gasteiger partial charge in [0.05, 0.1) is 17.3 Å². The lowest BCUT2D eigenvalue weighted by atomic mass is 10.2. The average Bonchev–Trinajstić information content (AvgIpc) is 2.88. The van der Waals surface area contributed by atoms with Crippen molar-refractivity contribution in [1.29, 1.82) is 0 Å². The first-order chi connectivity index (χ1) is 9.47. The number of phenolic OH excluding ortho intramolecular Hbond substituents is 1. The van der Waals surface area contributed by atoms with Crippen LogP contribution in [0.2, 0.25) is 0 Å². The summed E-state index contributed by atoms with van der Waals surface area (Å²) in [4.78, 5) is -0.316. The third-order valence-corrected chi connectivity index (χ3v) is 3.43. The van der Waals surface area contributed by atoms with E-state index in [4.69, 9.17) is 4.55 Å². The van der Waals surface area contributed by atoms with E-state index in [1.165, 1.54) is 6.21 Å². The molecule has 1 aliphatic rings. The predicted octanol–water partition coefficient (Wildman–Crippen LogP) is 1.93. The Bertz CT molecular complexity index is 731. The highest BCUT2D eigenvalue weighted by Crippen LogP contribution is 2.19. The summed E-state index contributed by atoms with van der Waals surface area (Å²) in [5.74, 6) is -0.155. The summed E-state index contributed by atoms with van der Waals surface area (Å²) in [6.45, 7) is 0. The van der Waals surface area contributed by atoms with Crippen LogP contribution in [0.15, 0.2) is 57.1 Å². The van der Waals surface area contributed by atoms with E-state index in [0.717, 1.165) is 30.2 Å². The molecule has 0 bridgehead atoms. The van der Waals surface area contributed by atoms with Crippen molar-refractivity contribution >= 4 is 22.5 Å². The number of nitrogens with zero attached hydrogens (tertiary/aromatic N) is 2. The fraction of sp³-hybridized carbons (Fsp3) is 0.0769. The normalized spacial score (nSPS) is 15.3. The van der Waals surface area contributed by atoms with Crippen molar-refractivity contribution < 1.29 is 18.1 Å². The molecule has 0 atom stereocenters. The van der Waals surface area contributed by atoms with Gasteiger partial charge in [0.15, 0.2) is 0 Å². The van der Waals surface area contributed by atoms with Gasteiger partial charge in [0.25, 0.3) is 10.1 Å². The first-order valence-corrected chi connectivity index (χ1v) is 7.13. The molecule has 0 aliphatic heterocycles. The maximum Gasteiger partial charge on any atom is 0.294 e. The summed E-state index contributed by atoms with van der Waals surface area (Å²) < 4.78 is 30.9. The van der Waals surface area contributed by atoms with Crippen molar-refractivity contribution in [2.24, 2.45) is 10.2 Å². The second-order valence-corrected chi connectivity index (χ2v) is 5.48. The molecular formula is C13H12N2O4S. The molecule has 2 N–H and O–H groups in total. The smallest absolute Gasteiger partial charge is 0.294 e. The Morgan fingerprint density at radius 2 is 1.95 bits per heavy atom. The molecule has 2 rings (SSSR count). The molecule has 0 spiro atoms. The van der Waals surface area contributed by atoms with Crippen LogP contribution in [0.25, 0.3) is 0 Å². The number of rotatable bonds is 4. The zero-order valence-electron chi connectivity index (χ0n) is 10.3. The maximum atomic E-state index is 11.0. The van der Waals surface area contributed by atoms with Crippen LogP contribution in [0.1, 0.15) is 12.0 Å². The molecule has 0 aromatic heterocycles. The lowest BCUT2D eigenvalue weighted by Gasteiger charge is -2.00. The second kappa shape index (κ2) is 5.81.